The molecule has 10 heavy (non-hydrogen) atoms. The van der Waals surface area contributed by atoms with Gasteiger partial charge in [-0.1, -0.05) is 13.8 Å². The van der Waals surface area contributed by atoms with Crippen molar-refractivity contribution in [3.8, 4) is 0 Å². The lowest BCUT2D eigenvalue weighted by atomic mass is 10.1. The predicted octanol–water partition coefficient (Wildman–Crippen LogP) is -0.297. The van der Waals surface area contributed by atoms with Crippen LogP contribution in [0.4, 0.5) is 0 Å². The van der Waals surface area contributed by atoms with Crippen LogP contribution in [0.2, 0.25) is 0 Å². The average Bonchev–Trinajstić information content (AvgIpc) is 1.91. The molecule has 0 heterocycles. The van der Waals surface area contributed by atoms with Gasteiger partial charge in [-0.3, -0.25) is 23.0 Å². The third-order valence-electron chi connectivity index (χ3n) is 1.11. The highest BCUT2D eigenvalue weighted by Gasteiger charge is 1.99. The van der Waals surface area contributed by atoms with Crippen LogP contribution < -0.4 is 23.0 Å². The Morgan fingerprint density at radius 1 is 1.20 bits per heavy atom. The van der Waals surface area contributed by atoms with E-state index in [-0.39, 0.29) is 0 Å². The van der Waals surface area contributed by atoms with Crippen LogP contribution in [0.25, 0.3) is 0 Å². The molecule has 0 rings (SSSR count). The Kier molecular flexibility index (Phi) is 11.1. The summed E-state index contributed by atoms with van der Waals surface area (Å²) in [5.41, 5.74) is 2.70. The summed E-state index contributed by atoms with van der Waals surface area (Å²) >= 11 is 0. The van der Waals surface area contributed by atoms with Gasteiger partial charge < -0.3 is 0 Å². The van der Waals surface area contributed by atoms with Crippen molar-refractivity contribution in [2.75, 3.05) is 0 Å². The molecule has 1 unspecified atom stereocenters. The van der Waals surface area contributed by atoms with Crippen molar-refractivity contribution in [3.63, 3.8) is 0 Å². The quantitative estimate of drug-likeness (QED) is 0.327. The Labute approximate surface area is 63.1 Å². The van der Waals surface area contributed by atoms with Gasteiger partial charge in [-0.15, -0.1) is 0 Å². The fourth-order valence-electron chi connectivity index (χ4n) is 0.775. The Morgan fingerprint density at radius 2 is 1.60 bits per heavy atom. The summed E-state index contributed by atoms with van der Waals surface area (Å²) in [6.07, 6.45) is 1.15. The van der Waals surface area contributed by atoms with Gasteiger partial charge in [0.2, 0.25) is 0 Å². The SMILES string of the molecule is CC(C)CC(C)NN.NN. The minimum absolute atomic E-state index is 0.454. The highest BCUT2D eigenvalue weighted by molar-refractivity contribution is 4.57. The van der Waals surface area contributed by atoms with Crippen LogP contribution in [0, 0.1) is 5.92 Å². The summed E-state index contributed by atoms with van der Waals surface area (Å²) in [5, 5.41) is 0. The molecule has 0 radical (unpaired) electrons. The lowest BCUT2D eigenvalue weighted by molar-refractivity contribution is 0.451. The second-order valence-corrected chi connectivity index (χ2v) is 2.70. The Bertz CT molecular complexity index is 55.7. The van der Waals surface area contributed by atoms with Gasteiger partial charge in [-0.05, 0) is 19.3 Å². The molecule has 0 bridgehead atoms. The van der Waals surface area contributed by atoms with E-state index in [4.69, 9.17) is 5.84 Å². The molecule has 0 saturated carbocycles. The van der Waals surface area contributed by atoms with Crippen molar-refractivity contribution < 1.29 is 0 Å². The number of hydrogen-bond acceptors (Lipinski definition) is 4. The van der Waals surface area contributed by atoms with E-state index in [2.05, 4.69) is 37.9 Å². The topological polar surface area (TPSA) is 90.1 Å². The van der Waals surface area contributed by atoms with Gasteiger partial charge in [0, 0.05) is 6.04 Å². The highest BCUT2D eigenvalue weighted by Crippen LogP contribution is 2.01. The molecule has 4 heteroatoms. The molecule has 0 spiro atoms. The third kappa shape index (κ3) is 10.8. The predicted molar refractivity (Wildman–Crippen MR) is 44.6 cm³/mol. The molecule has 0 aromatic carbocycles. The molecule has 0 aliphatic carbocycles. The zero-order valence-corrected chi connectivity index (χ0v) is 7.09. The second kappa shape index (κ2) is 8.84. The Hall–Kier alpha value is -0.160. The monoisotopic (exact) mass is 148 g/mol. The van der Waals surface area contributed by atoms with Crippen LogP contribution in [-0.4, -0.2) is 6.04 Å². The fourth-order valence-corrected chi connectivity index (χ4v) is 0.775. The molecule has 0 amide bonds. The first-order valence-corrected chi connectivity index (χ1v) is 3.46. The van der Waals surface area contributed by atoms with Crippen molar-refractivity contribution in [3.05, 3.63) is 0 Å². The summed E-state index contributed by atoms with van der Waals surface area (Å²) in [4.78, 5) is 0. The van der Waals surface area contributed by atoms with Gasteiger partial charge in [-0.25, -0.2) is 0 Å². The van der Waals surface area contributed by atoms with Gasteiger partial charge >= 0.3 is 0 Å². The van der Waals surface area contributed by atoms with Crippen LogP contribution in [0.3, 0.4) is 0 Å². The minimum Gasteiger partial charge on any atom is -0.274 e. The maximum atomic E-state index is 5.17. The lowest BCUT2D eigenvalue weighted by Gasteiger charge is -2.11. The lowest BCUT2D eigenvalue weighted by Crippen LogP contribution is -2.33. The molecule has 0 aromatic heterocycles. The molecule has 7 N–H and O–H groups in total. The van der Waals surface area contributed by atoms with Crippen molar-refractivity contribution >= 4 is 0 Å². The number of nitrogens with two attached hydrogens (primary N) is 3. The highest BCUT2D eigenvalue weighted by atomic mass is 15.2. The average molecular weight is 148 g/mol. The molecule has 0 aromatic rings. The van der Waals surface area contributed by atoms with Crippen molar-refractivity contribution in [2.24, 2.45) is 23.4 Å². The first-order chi connectivity index (χ1) is 4.66. The van der Waals surface area contributed by atoms with E-state index in [1.54, 1.807) is 0 Å². The summed E-state index contributed by atoms with van der Waals surface area (Å²) in [6, 6.07) is 0.454. The van der Waals surface area contributed by atoms with Gasteiger partial charge in [-0.2, -0.15) is 0 Å². The zero-order chi connectivity index (χ0) is 8.57. The Balaban J connectivity index is 0. The first kappa shape index (κ1) is 12.5. The molecule has 0 aliphatic heterocycles. The molecule has 64 valence electrons. The van der Waals surface area contributed by atoms with Crippen LogP contribution in [-0.2, 0) is 0 Å². The Morgan fingerprint density at radius 3 is 1.70 bits per heavy atom. The number of hydrogen-bond donors (Lipinski definition) is 4. The minimum atomic E-state index is 0.454. The smallest absolute Gasteiger partial charge is 0.0184 e. The van der Waals surface area contributed by atoms with E-state index < -0.39 is 0 Å². The van der Waals surface area contributed by atoms with Crippen molar-refractivity contribution in [2.45, 2.75) is 33.2 Å². The van der Waals surface area contributed by atoms with E-state index >= 15 is 0 Å². The summed E-state index contributed by atoms with van der Waals surface area (Å²) in [6.45, 7) is 6.46. The van der Waals surface area contributed by atoms with Crippen LogP contribution >= 0.6 is 0 Å². The standard InChI is InChI=1S/C6H16N2.H4N2/c1-5(2)4-6(3)8-7;1-2/h5-6,8H,4,7H2,1-3H3;1-2H2. The molecule has 4 nitrogen and oxygen atoms in total. The number of rotatable bonds is 3. The zero-order valence-electron chi connectivity index (χ0n) is 7.09. The molecular formula is C6H20N4. The third-order valence-corrected chi connectivity index (χ3v) is 1.11. The molecule has 0 saturated heterocycles. The number of nitrogens with one attached hydrogen (secondary N) is 1. The summed E-state index contributed by atoms with van der Waals surface area (Å²) < 4.78 is 0. The van der Waals surface area contributed by atoms with Gasteiger partial charge in [0.25, 0.3) is 0 Å². The van der Waals surface area contributed by atoms with E-state index in [1.165, 1.54) is 0 Å². The number of hydrazine groups is 2. The fraction of sp³-hybridized carbons (Fsp3) is 1.00. The van der Waals surface area contributed by atoms with Crippen LogP contribution in [0.5, 0.6) is 0 Å². The van der Waals surface area contributed by atoms with E-state index in [1.807, 2.05) is 0 Å². The van der Waals surface area contributed by atoms with Crippen LogP contribution in [0.15, 0.2) is 0 Å². The van der Waals surface area contributed by atoms with Crippen LogP contribution in [0.1, 0.15) is 27.2 Å². The van der Waals surface area contributed by atoms with Crippen molar-refractivity contribution in [1.82, 2.24) is 5.43 Å². The maximum Gasteiger partial charge on any atom is 0.0184 e. The second-order valence-electron chi connectivity index (χ2n) is 2.70. The molecular weight excluding hydrogens is 128 g/mol. The van der Waals surface area contributed by atoms with E-state index in [9.17, 15) is 0 Å². The largest absolute Gasteiger partial charge is 0.274 e. The first-order valence-electron chi connectivity index (χ1n) is 3.46. The van der Waals surface area contributed by atoms with Gasteiger partial charge in [0.15, 0.2) is 0 Å². The molecule has 1 atom stereocenters. The van der Waals surface area contributed by atoms with Crippen molar-refractivity contribution in [1.29, 1.82) is 0 Å². The summed E-state index contributed by atoms with van der Waals surface area (Å²) in [7, 11) is 0. The summed E-state index contributed by atoms with van der Waals surface area (Å²) in [5.74, 6) is 13.9. The van der Waals surface area contributed by atoms with E-state index in [0.29, 0.717) is 6.04 Å². The van der Waals surface area contributed by atoms with Gasteiger partial charge in [0.05, 0.1) is 0 Å². The molecule has 0 fully saturated rings. The molecule has 0 aliphatic rings. The maximum absolute atomic E-state index is 5.17. The van der Waals surface area contributed by atoms with Gasteiger partial charge in [0.1, 0.15) is 0 Å². The normalized spacial score (nSPS) is 12.3. The van der Waals surface area contributed by atoms with E-state index in [0.717, 1.165) is 12.3 Å².